The predicted octanol–water partition coefficient (Wildman–Crippen LogP) is 2.64. The number of benzene rings is 1. The molecule has 9 heteroatoms. The molecule has 2 rings (SSSR count). The second-order valence-electron chi connectivity index (χ2n) is 7.58. The van der Waals surface area contributed by atoms with Gasteiger partial charge in [-0.3, -0.25) is 14.6 Å². The molecule has 27 heavy (non-hydrogen) atoms. The fraction of sp³-hybridized carbons (Fsp3) is 0.444. The van der Waals surface area contributed by atoms with Crippen LogP contribution < -0.4 is 10.0 Å². The van der Waals surface area contributed by atoms with Crippen molar-refractivity contribution in [1.29, 1.82) is 0 Å². The zero-order chi connectivity index (χ0) is 20.4. The molecule has 1 heterocycles. The van der Waals surface area contributed by atoms with E-state index in [1.165, 1.54) is 12.1 Å². The standard InChI is InChI=1S/C18H25FN4O3S/c1-11(12-6-7-15(14(19)8-12)23-27(5,25)26)17(24)20-10-13-9-16(22-21-13)18(2,3)4/h6-9,11,23H,10H2,1-5H3,(H,20,24)(H,21,22). The van der Waals surface area contributed by atoms with E-state index in [0.29, 0.717) is 5.56 Å². The van der Waals surface area contributed by atoms with E-state index in [-0.39, 0.29) is 23.6 Å². The van der Waals surface area contributed by atoms with Crippen LogP contribution in [0.2, 0.25) is 0 Å². The van der Waals surface area contributed by atoms with E-state index in [1.807, 2.05) is 26.8 Å². The number of rotatable bonds is 6. The van der Waals surface area contributed by atoms with Crippen LogP contribution in [0.3, 0.4) is 0 Å². The molecule has 148 valence electrons. The van der Waals surface area contributed by atoms with Crippen LogP contribution >= 0.6 is 0 Å². The van der Waals surface area contributed by atoms with Gasteiger partial charge < -0.3 is 5.32 Å². The van der Waals surface area contributed by atoms with E-state index in [0.717, 1.165) is 23.7 Å². The highest BCUT2D eigenvalue weighted by Gasteiger charge is 2.20. The number of anilines is 1. The molecule has 0 spiro atoms. The number of nitrogens with one attached hydrogen (secondary N) is 3. The van der Waals surface area contributed by atoms with E-state index in [4.69, 9.17) is 0 Å². The number of halogens is 1. The highest BCUT2D eigenvalue weighted by molar-refractivity contribution is 7.92. The molecule has 2 aromatic rings. The van der Waals surface area contributed by atoms with Gasteiger partial charge in [0.25, 0.3) is 0 Å². The molecule has 0 aliphatic heterocycles. The van der Waals surface area contributed by atoms with Crippen molar-refractivity contribution < 1.29 is 17.6 Å². The molecule has 0 radical (unpaired) electrons. The van der Waals surface area contributed by atoms with E-state index in [9.17, 15) is 17.6 Å². The van der Waals surface area contributed by atoms with Gasteiger partial charge in [0.05, 0.1) is 35.8 Å². The summed E-state index contributed by atoms with van der Waals surface area (Å²) in [6.45, 7) is 8.07. The van der Waals surface area contributed by atoms with Crippen molar-refractivity contribution in [2.45, 2.75) is 45.6 Å². The average Bonchev–Trinajstić information content (AvgIpc) is 3.02. The first-order chi connectivity index (χ1) is 12.4. The van der Waals surface area contributed by atoms with Crippen LogP contribution in [-0.2, 0) is 26.8 Å². The van der Waals surface area contributed by atoms with Crippen LogP contribution in [-0.4, -0.2) is 30.8 Å². The number of hydrogen-bond donors (Lipinski definition) is 3. The normalized spacial score (nSPS) is 13.3. The third-order valence-electron chi connectivity index (χ3n) is 4.03. The molecule has 1 atom stereocenters. The van der Waals surface area contributed by atoms with Gasteiger partial charge in [0.2, 0.25) is 15.9 Å². The maximum absolute atomic E-state index is 14.1. The summed E-state index contributed by atoms with van der Waals surface area (Å²) in [6.07, 6.45) is 0.941. The van der Waals surface area contributed by atoms with Crippen LogP contribution in [0.25, 0.3) is 0 Å². The van der Waals surface area contributed by atoms with Gasteiger partial charge >= 0.3 is 0 Å². The number of nitrogens with zero attached hydrogens (tertiary/aromatic N) is 1. The summed E-state index contributed by atoms with van der Waals surface area (Å²) >= 11 is 0. The molecule has 0 saturated carbocycles. The van der Waals surface area contributed by atoms with Gasteiger partial charge in [-0.15, -0.1) is 0 Å². The molecule has 1 aromatic carbocycles. The van der Waals surface area contributed by atoms with Gasteiger partial charge in [-0.05, 0) is 30.7 Å². The Balaban J connectivity index is 2.02. The van der Waals surface area contributed by atoms with Gasteiger partial charge in [-0.2, -0.15) is 5.10 Å². The highest BCUT2D eigenvalue weighted by atomic mass is 32.2. The molecule has 1 aromatic heterocycles. The summed E-state index contributed by atoms with van der Waals surface area (Å²) in [7, 11) is -3.58. The Morgan fingerprint density at radius 2 is 1.96 bits per heavy atom. The largest absolute Gasteiger partial charge is 0.350 e. The number of amides is 1. The second-order valence-corrected chi connectivity index (χ2v) is 9.33. The topological polar surface area (TPSA) is 104 Å². The Morgan fingerprint density at radius 1 is 1.30 bits per heavy atom. The van der Waals surface area contributed by atoms with E-state index < -0.39 is 21.8 Å². The van der Waals surface area contributed by atoms with Crippen molar-refractivity contribution in [3.05, 3.63) is 47.0 Å². The molecule has 0 aliphatic carbocycles. The second kappa shape index (κ2) is 7.67. The fourth-order valence-corrected chi connectivity index (χ4v) is 2.97. The summed E-state index contributed by atoms with van der Waals surface area (Å²) in [6, 6.07) is 5.89. The summed E-state index contributed by atoms with van der Waals surface area (Å²) in [5, 5.41) is 9.92. The monoisotopic (exact) mass is 396 g/mol. The first-order valence-electron chi connectivity index (χ1n) is 8.46. The van der Waals surface area contributed by atoms with Gasteiger partial charge in [0, 0.05) is 5.41 Å². The lowest BCUT2D eigenvalue weighted by atomic mass is 9.92. The summed E-state index contributed by atoms with van der Waals surface area (Å²) in [5.41, 5.74) is 1.88. The molecule has 7 nitrogen and oxygen atoms in total. The quantitative estimate of drug-likeness (QED) is 0.698. The van der Waals surface area contributed by atoms with Gasteiger partial charge in [-0.1, -0.05) is 26.8 Å². The smallest absolute Gasteiger partial charge is 0.229 e. The molecular formula is C18H25FN4O3S. The SMILES string of the molecule is CC(C(=O)NCc1cc(C(C)(C)C)n[nH]1)c1ccc(NS(C)(=O)=O)c(F)c1. The Bertz CT molecular complexity index is 932. The molecule has 1 amide bonds. The lowest BCUT2D eigenvalue weighted by molar-refractivity contribution is -0.122. The molecule has 0 fully saturated rings. The highest BCUT2D eigenvalue weighted by Crippen LogP contribution is 2.23. The van der Waals surface area contributed by atoms with Crippen LogP contribution in [0, 0.1) is 5.82 Å². The fourth-order valence-electron chi connectivity index (χ4n) is 2.41. The predicted molar refractivity (Wildman–Crippen MR) is 102 cm³/mol. The van der Waals surface area contributed by atoms with Crippen molar-refractivity contribution in [2.75, 3.05) is 11.0 Å². The minimum absolute atomic E-state index is 0.0919. The summed E-state index contributed by atoms with van der Waals surface area (Å²) < 4.78 is 38.6. The third-order valence-corrected chi connectivity index (χ3v) is 4.62. The minimum atomic E-state index is -3.58. The zero-order valence-electron chi connectivity index (χ0n) is 16.1. The van der Waals surface area contributed by atoms with E-state index in [1.54, 1.807) is 6.92 Å². The van der Waals surface area contributed by atoms with Crippen molar-refractivity contribution in [1.82, 2.24) is 15.5 Å². The van der Waals surface area contributed by atoms with Crippen molar-refractivity contribution in [3.63, 3.8) is 0 Å². The first-order valence-corrected chi connectivity index (χ1v) is 10.4. The molecule has 0 aliphatic rings. The van der Waals surface area contributed by atoms with Crippen LogP contribution in [0.1, 0.15) is 50.6 Å². The number of carbonyl (C=O) groups excluding carboxylic acids is 1. The van der Waals surface area contributed by atoms with Crippen LogP contribution in [0.5, 0.6) is 0 Å². The Morgan fingerprint density at radius 3 is 2.48 bits per heavy atom. The number of hydrogen-bond acceptors (Lipinski definition) is 4. The minimum Gasteiger partial charge on any atom is -0.350 e. The maximum Gasteiger partial charge on any atom is 0.229 e. The molecule has 0 saturated heterocycles. The van der Waals surface area contributed by atoms with Crippen LogP contribution in [0.4, 0.5) is 10.1 Å². The summed E-state index contributed by atoms with van der Waals surface area (Å²) in [4.78, 5) is 12.4. The van der Waals surface area contributed by atoms with Crippen molar-refractivity contribution in [2.24, 2.45) is 0 Å². The van der Waals surface area contributed by atoms with Gasteiger partial charge in [0.1, 0.15) is 5.82 Å². The molecule has 3 N–H and O–H groups in total. The molecular weight excluding hydrogens is 371 g/mol. The van der Waals surface area contributed by atoms with Crippen molar-refractivity contribution in [3.8, 4) is 0 Å². The first kappa shape index (κ1) is 20.9. The summed E-state index contributed by atoms with van der Waals surface area (Å²) in [5.74, 6) is -1.61. The van der Waals surface area contributed by atoms with Gasteiger partial charge in [0.15, 0.2) is 0 Å². The lowest BCUT2D eigenvalue weighted by Gasteiger charge is -2.14. The lowest BCUT2D eigenvalue weighted by Crippen LogP contribution is -2.27. The van der Waals surface area contributed by atoms with E-state index in [2.05, 4.69) is 20.2 Å². The van der Waals surface area contributed by atoms with Crippen molar-refractivity contribution >= 4 is 21.6 Å². The molecule has 0 bridgehead atoms. The molecule has 1 unspecified atom stereocenters. The zero-order valence-corrected chi connectivity index (χ0v) is 16.9. The maximum atomic E-state index is 14.1. The average molecular weight is 396 g/mol. The number of H-pyrrole nitrogens is 1. The third kappa shape index (κ3) is 5.78. The van der Waals surface area contributed by atoms with Crippen LogP contribution in [0.15, 0.2) is 24.3 Å². The number of aromatic nitrogens is 2. The number of sulfonamides is 1. The van der Waals surface area contributed by atoms with Gasteiger partial charge in [-0.25, -0.2) is 12.8 Å². The Kier molecular flexibility index (Phi) is 5.94. The number of aromatic amines is 1. The Hall–Kier alpha value is -2.42. The van der Waals surface area contributed by atoms with E-state index >= 15 is 0 Å². The Labute approximate surface area is 158 Å². The number of carbonyl (C=O) groups is 1.